The number of hydrogen-bond acceptors (Lipinski definition) is 3. The molecule has 1 fully saturated rings. The lowest BCUT2D eigenvalue weighted by Gasteiger charge is -2.23. The number of nitrogens with one attached hydrogen (secondary N) is 2. The van der Waals surface area contributed by atoms with E-state index in [0.717, 1.165) is 18.4 Å². The summed E-state index contributed by atoms with van der Waals surface area (Å²) < 4.78 is 0. The molecular weight excluding hydrogens is 321 g/mol. The lowest BCUT2D eigenvalue weighted by molar-refractivity contribution is -0.121. The molecular formula is C16H19Cl2N3O. The van der Waals surface area contributed by atoms with Gasteiger partial charge in [0.2, 0.25) is 5.91 Å². The van der Waals surface area contributed by atoms with Gasteiger partial charge in [-0.3, -0.25) is 4.79 Å². The molecule has 1 aromatic rings. The Labute approximate surface area is 140 Å². The minimum absolute atomic E-state index is 0.0465. The van der Waals surface area contributed by atoms with E-state index < -0.39 is 5.54 Å². The van der Waals surface area contributed by atoms with Gasteiger partial charge in [-0.2, -0.15) is 5.26 Å². The topological polar surface area (TPSA) is 64.9 Å². The summed E-state index contributed by atoms with van der Waals surface area (Å²) >= 11 is 11.9. The van der Waals surface area contributed by atoms with Crippen molar-refractivity contribution in [3.63, 3.8) is 0 Å². The van der Waals surface area contributed by atoms with Crippen LogP contribution in [0.2, 0.25) is 10.0 Å². The summed E-state index contributed by atoms with van der Waals surface area (Å²) in [4.78, 5) is 12.0. The number of nitriles is 1. The molecule has 1 aromatic carbocycles. The number of carbonyl (C=O) groups excluding carboxylic acids is 1. The highest BCUT2D eigenvalue weighted by atomic mass is 35.5. The van der Waals surface area contributed by atoms with Crippen LogP contribution >= 0.6 is 23.2 Å². The van der Waals surface area contributed by atoms with E-state index in [-0.39, 0.29) is 24.4 Å². The van der Waals surface area contributed by atoms with Crippen LogP contribution in [0, 0.1) is 17.2 Å². The summed E-state index contributed by atoms with van der Waals surface area (Å²) in [6.07, 6.45) is 1.99. The minimum atomic E-state index is -0.758. The summed E-state index contributed by atoms with van der Waals surface area (Å²) in [5, 5.41) is 16.2. The van der Waals surface area contributed by atoms with Crippen molar-refractivity contribution >= 4 is 29.1 Å². The zero-order chi connectivity index (χ0) is 16.3. The van der Waals surface area contributed by atoms with Crippen LogP contribution in [0.15, 0.2) is 18.2 Å². The molecule has 22 heavy (non-hydrogen) atoms. The number of hydrogen-bond donors (Lipinski definition) is 2. The van der Waals surface area contributed by atoms with Gasteiger partial charge in [-0.1, -0.05) is 29.3 Å². The number of benzene rings is 1. The fourth-order valence-corrected chi connectivity index (χ4v) is 2.67. The lowest BCUT2D eigenvalue weighted by Crippen LogP contribution is -2.49. The van der Waals surface area contributed by atoms with Gasteiger partial charge in [0, 0.05) is 6.04 Å². The summed E-state index contributed by atoms with van der Waals surface area (Å²) in [6, 6.07) is 7.55. The fourth-order valence-electron chi connectivity index (χ4n) is 2.36. The minimum Gasteiger partial charge on any atom is -0.337 e. The zero-order valence-electron chi connectivity index (χ0n) is 12.6. The molecule has 0 heterocycles. The highest BCUT2D eigenvalue weighted by Gasteiger charge is 2.42. The molecule has 118 valence electrons. The average molecular weight is 340 g/mol. The van der Waals surface area contributed by atoms with E-state index in [9.17, 15) is 10.1 Å². The Hall–Kier alpha value is -1.28. The van der Waals surface area contributed by atoms with Gasteiger partial charge in [0.15, 0.2) is 0 Å². The number of halogens is 2. The smallest absolute Gasteiger partial charge is 0.235 e. The van der Waals surface area contributed by atoms with E-state index in [1.807, 2.05) is 13.0 Å². The second-order valence-electron chi connectivity index (χ2n) is 5.91. The van der Waals surface area contributed by atoms with Crippen LogP contribution in [0.3, 0.4) is 0 Å². The first-order chi connectivity index (χ1) is 10.4. The normalized spacial score (nSPS) is 18.1. The quantitative estimate of drug-likeness (QED) is 0.834. The maximum Gasteiger partial charge on any atom is 0.235 e. The predicted molar refractivity (Wildman–Crippen MR) is 87.8 cm³/mol. The second-order valence-corrected chi connectivity index (χ2v) is 6.73. The predicted octanol–water partition coefficient (Wildman–Crippen LogP) is 3.45. The molecule has 4 nitrogen and oxygen atoms in total. The standard InChI is InChI=1S/C16H19Cl2N3O/c1-10(11-3-6-13(17)14(18)7-11)20-8-15(22)21-16(2,9-19)12-4-5-12/h3,6-7,10,12,20H,4-5,8H2,1-2H3,(H,21,22)/t10-,16+/m1/s1. The Kier molecular flexibility index (Phi) is 5.33. The van der Waals surface area contributed by atoms with Crippen LogP contribution in [0.4, 0.5) is 0 Å². The number of carbonyl (C=O) groups is 1. The molecule has 0 radical (unpaired) electrons. The molecule has 0 bridgehead atoms. The highest BCUT2D eigenvalue weighted by Crippen LogP contribution is 2.39. The van der Waals surface area contributed by atoms with Gasteiger partial charge >= 0.3 is 0 Å². The van der Waals surface area contributed by atoms with Crippen molar-refractivity contribution in [1.82, 2.24) is 10.6 Å². The van der Waals surface area contributed by atoms with Gasteiger partial charge in [-0.15, -0.1) is 0 Å². The van der Waals surface area contributed by atoms with Crippen LogP contribution in [0.25, 0.3) is 0 Å². The van der Waals surface area contributed by atoms with Gasteiger partial charge in [0.05, 0.1) is 22.7 Å². The number of rotatable bonds is 6. The Morgan fingerprint density at radius 3 is 2.68 bits per heavy atom. The molecule has 2 atom stereocenters. The van der Waals surface area contributed by atoms with Gasteiger partial charge in [-0.05, 0) is 50.3 Å². The SMILES string of the molecule is C[C@@H](NCC(=O)N[C@@](C)(C#N)C1CC1)c1ccc(Cl)c(Cl)c1. The third-order valence-electron chi connectivity index (χ3n) is 4.04. The van der Waals surface area contributed by atoms with Gasteiger partial charge in [0.1, 0.15) is 5.54 Å². The molecule has 0 unspecified atom stereocenters. The van der Waals surface area contributed by atoms with Crippen LogP contribution in [0.5, 0.6) is 0 Å². The van der Waals surface area contributed by atoms with E-state index in [4.69, 9.17) is 23.2 Å². The monoisotopic (exact) mass is 339 g/mol. The summed E-state index contributed by atoms with van der Waals surface area (Å²) in [5.41, 5.74) is 0.193. The highest BCUT2D eigenvalue weighted by molar-refractivity contribution is 6.42. The molecule has 1 amide bonds. The summed E-state index contributed by atoms with van der Waals surface area (Å²) in [7, 11) is 0. The molecule has 6 heteroatoms. The van der Waals surface area contributed by atoms with Gasteiger partial charge in [-0.25, -0.2) is 0 Å². The third-order valence-corrected chi connectivity index (χ3v) is 4.78. The first kappa shape index (κ1) is 17.1. The molecule has 1 saturated carbocycles. The molecule has 2 N–H and O–H groups in total. The van der Waals surface area contributed by atoms with Crippen molar-refractivity contribution < 1.29 is 4.79 Å². The maximum atomic E-state index is 12.0. The van der Waals surface area contributed by atoms with Crippen LogP contribution < -0.4 is 10.6 Å². The van der Waals surface area contributed by atoms with Crippen LogP contribution in [-0.4, -0.2) is 18.0 Å². The second kappa shape index (κ2) is 6.87. The van der Waals surface area contributed by atoms with Crippen molar-refractivity contribution in [3.05, 3.63) is 33.8 Å². The number of amides is 1. The van der Waals surface area contributed by atoms with Crippen molar-refractivity contribution in [2.45, 2.75) is 38.3 Å². The van der Waals surface area contributed by atoms with Crippen molar-refractivity contribution in [3.8, 4) is 6.07 Å². The maximum absolute atomic E-state index is 12.0. The number of nitrogens with zero attached hydrogens (tertiary/aromatic N) is 1. The van der Waals surface area contributed by atoms with E-state index in [1.165, 1.54) is 0 Å². The Morgan fingerprint density at radius 2 is 2.14 bits per heavy atom. The van der Waals surface area contributed by atoms with Crippen LogP contribution in [-0.2, 0) is 4.79 Å². The van der Waals surface area contributed by atoms with Crippen LogP contribution in [0.1, 0.15) is 38.3 Å². The Bertz CT molecular complexity index is 610. The molecule has 0 spiro atoms. The molecule has 1 aliphatic rings. The van der Waals surface area contributed by atoms with Crippen molar-refractivity contribution in [2.75, 3.05) is 6.54 Å². The first-order valence-electron chi connectivity index (χ1n) is 7.26. The van der Waals surface area contributed by atoms with E-state index in [1.54, 1.807) is 19.1 Å². The lowest BCUT2D eigenvalue weighted by atomic mass is 9.98. The average Bonchev–Trinajstić information content (AvgIpc) is 3.32. The molecule has 0 saturated heterocycles. The molecule has 1 aliphatic carbocycles. The molecule has 0 aromatic heterocycles. The summed E-state index contributed by atoms with van der Waals surface area (Å²) in [6.45, 7) is 3.87. The Balaban J connectivity index is 1.87. The molecule has 2 rings (SSSR count). The zero-order valence-corrected chi connectivity index (χ0v) is 14.1. The van der Waals surface area contributed by atoms with Gasteiger partial charge < -0.3 is 10.6 Å². The van der Waals surface area contributed by atoms with E-state index >= 15 is 0 Å². The largest absolute Gasteiger partial charge is 0.337 e. The molecule has 0 aliphatic heterocycles. The summed E-state index contributed by atoms with van der Waals surface area (Å²) in [5.74, 6) is 0.0943. The van der Waals surface area contributed by atoms with Crippen molar-refractivity contribution in [2.24, 2.45) is 5.92 Å². The van der Waals surface area contributed by atoms with E-state index in [2.05, 4.69) is 16.7 Å². The fraction of sp³-hybridized carbons (Fsp3) is 0.500. The first-order valence-corrected chi connectivity index (χ1v) is 8.02. The third kappa shape index (κ3) is 4.13. The van der Waals surface area contributed by atoms with E-state index in [0.29, 0.717) is 10.0 Å². The van der Waals surface area contributed by atoms with Crippen molar-refractivity contribution in [1.29, 1.82) is 5.26 Å². The Morgan fingerprint density at radius 1 is 1.45 bits per heavy atom. The van der Waals surface area contributed by atoms with Gasteiger partial charge in [0.25, 0.3) is 0 Å².